The van der Waals surface area contributed by atoms with Crippen molar-refractivity contribution in [3.8, 4) is 5.75 Å². The quantitative estimate of drug-likeness (QED) is 0.276. The van der Waals surface area contributed by atoms with Crippen LogP contribution < -0.4 is 14.4 Å². The molecule has 12 heteroatoms. The summed E-state index contributed by atoms with van der Waals surface area (Å²) in [4.78, 5) is 28.3. The molecule has 0 saturated carbocycles. The third-order valence-corrected chi connectivity index (χ3v) is 8.67. The Kier molecular flexibility index (Phi) is 10.9. The lowest BCUT2D eigenvalue weighted by atomic mass is 10.1. The first-order chi connectivity index (χ1) is 19.6. The van der Waals surface area contributed by atoms with Crippen LogP contribution >= 0.6 is 23.2 Å². The number of carbonyl (C=O) groups excluding carboxylic acids is 2. The molecule has 0 aromatic heterocycles. The molecular formula is C30H34Cl2FN3O5S. The van der Waals surface area contributed by atoms with Gasteiger partial charge in [-0.05, 0) is 95.3 Å². The summed E-state index contributed by atoms with van der Waals surface area (Å²) in [6, 6.07) is 14.3. The van der Waals surface area contributed by atoms with Crippen LogP contribution in [-0.4, -0.2) is 49.9 Å². The zero-order valence-corrected chi connectivity index (χ0v) is 26.4. The van der Waals surface area contributed by atoms with Gasteiger partial charge in [-0.2, -0.15) is 0 Å². The molecule has 0 spiro atoms. The maximum atomic E-state index is 14.0. The number of nitrogens with zero attached hydrogens (tertiary/aromatic N) is 2. The summed E-state index contributed by atoms with van der Waals surface area (Å²) in [5.74, 6) is -1.25. The summed E-state index contributed by atoms with van der Waals surface area (Å²) in [5, 5.41) is 3.42. The van der Waals surface area contributed by atoms with Crippen LogP contribution in [0.15, 0.2) is 71.6 Å². The van der Waals surface area contributed by atoms with Crippen molar-refractivity contribution in [1.29, 1.82) is 0 Å². The molecule has 3 aromatic rings. The molecule has 42 heavy (non-hydrogen) atoms. The zero-order valence-electron chi connectivity index (χ0n) is 24.0. The first-order valence-electron chi connectivity index (χ1n) is 13.2. The van der Waals surface area contributed by atoms with Crippen molar-refractivity contribution < 1.29 is 27.1 Å². The monoisotopic (exact) mass is 637 g/mol. The van der Waals surface area contributed by atoms with Crippen molar-refractivity contribution in [2.75, 3.05) is 17.5 Å². The van der Waals surface area contributed by atoms with Crippen molar-refractivity contribution in [3.63, 3.8) is 0 Å². The summed E-state index contributed by atoms with van der Waals surface area (Å²) in [5.41, 5.74) is -0.0280. The van der Waals surface area contributed by atoms with Gasteiger partial charge in [0.05, 0.1) is 17.2 Å². The van der Waals surface area contributed by atoms with E-state index in [0.717, 1.165) is 28.6 Å². The molecule has 226 valence electrons. The van der Waals surface area contributed by atoms with Gasteiger partial charge in [-0.15, -0.1) is 0 Å². The Bertz CT molecular complexity index is 1490. The molecule has 0 radical (unpaired) electrons. The highest BCUT2D eigenvalue weighted by Crippen LogP contribution is 2.29. The smallest absolute Gasteiger partial charge is 0.264 e. The fraction of sp³-hybridized carbons (Fsp3) is 0.333. The summed E-state index contributed by atoms with van der Waals surface area (Å²) >= 11 is 12.8. The van der Waals surface area contributed by atoms with Crippen LogP contribution in [0.2, 0.25) is 10.0 Å². The lowest BCUT2D eigenvalue weighted by Crippen LogP contribution is -2.54. The van der Waals surface area contributed by atoms with Crippen LogP contribution in [0.25, 0.3) is 0 Å². The predicted molar refractivity (Wildman–Crippen MR) is 163 cm³/mol. The van der Waals surface area contributed by atoms with Crippen LogP contribution in [0.3, 0.4) is 0 Å². The van der Waals surface area contributed by atoms with Crippen LogP contribution in [-0.2, 0) is 26.2 Å². The number of hydrogen-bond acceptors (Lipinski definition) is 5. The minimum Gasteiger partial charge on any atom is -0.494 e. The average Bonchev–Trinajstić information content (AvgIpc) is 2.91. The molecule has 1 unspecified atom stereocenters. The van der Waals surface area contributed by atoms with Gasteiger partial charge in [-0.3, -0.25) is 13.9 Å². The van der Waals surface area contributed by atoms with Crippen molar-refractivity contribution in [2.24, 2.45) is 0 Å². The number of ether oxygens (including phenoxy) is 1. The number of nitrogens with one attached hydrogen (secondary N) is 1. The second-order valence-corrected chi connectivity index (χ2v) is 13.2. The van der Waals surface area contributed by atoms with Gasteiger partial charge < -0.3 is 15.0 Å². The highest BCUT2D eigenvalue weighted by atomic mass is 35.5. The third kappa shape index (κ3) is 8.36. The van der Waals surface area contributed by atoms with Gasteiger partial charge in [0.2, 0.25) is 11.8 Å². The van der Waals surface area contributed by atoms with Crippen LogP contribution in [0.5, 0.6) is 5.75 Å². The van der Waals surface area contributed by atoms with Gasteiger partial charge in [0, 0.05) is 27.7 Å². The largest absolute Gasteiger partial charge is 0.494 e. The molecule has 1 N–H and O–H groups in total. The second-order valence-electron chi connectivity index (χ2n) is 10.5. The van der Waals surface area contributed by atoms with Crippen molar-refractivity contribution in [2.45, 2.75) is 57.6 Å². The molecule has 8 nitrogen and oxygen atoms in total. The first kappa shape index (κ1) is 33.2. The molecule has 0 bridgehead atoms. The van der Waals surface area contributed by atoms with Gasteiger partial charge in [-0.25, -0.2) is 12.8 Å². The molecule has 2 amide bonds. The van der Waals surface area contributed by atoms with Crippen molar-refractivity contribution >= 4 is 50.7 Å². The van der Waals surface area contributed by atoms with Crippen LogP contribution in [0.4, 0.5) is 10.1 Å². The fourth-order valence-electron chi connectivity index (χ4n) is 4.05. The Hall–Kier alpha value is -3.34. The van der Waals surface area contributed by atoms with E-state index in [9.17, 15) is 22.4 Å². The minimum absolute atomic E-state index is 0.163. The normalized spacial score (nSPS) is 12.4. The van der Waals surface area contributed by atoms with E-state index in [0.29, 0.717) is 17.9 Å². The van der Waals surface area contributed by atoms with E-state index in [-0.39, 0.29) is 27.2 Å². The Morgan fingerprint density at radius 3 is 2.07 bits per heavy atom. The molecular weight excluding hydrogens is 604 g/mol. The summed E-state index contributed by atoms with van der Waals surface area (Å²) in [7, 11) is -4.36. The van der Waals surface area contributed by atoms with Crippen molar-refractivity contribution in [1.82, 2.24) is 10.2 Å². The molecule has 0 heterocycles. The van der Waals surface area contributed by atoms with E-state index in [2.05, 4.69) is 5.32 Å². The summed E-state index contributed by atoms with van der Waals surface area (Å²) < 4.78 is 47.7. The van der Waals surface area contributed by atoms with E-state index < -0.39 is 45.8 Å². The van der Waals surface area contributed by atoms with Gasteiger partial charge in [0.25, 0.3) is 10.0 Å². The number of anilines is 1. The van der Waals surface area contributed by atoms with E-state index in [1.807, 2.05) is 6.92 Å². The second kappa shape index (κ2) is 13.8. The lowest BCUT2D eigenvalue weighted by Gasteiger charge is -2.33. The van der Waals surface area contributed by atoms with E-state index in [4.69, 9.17) is 27.9 Å². The Morgan fingerprint density at radius 2 is 1.55 bits per heavy atom. The van der Waals surface area contributed by atoms with Gasteiger partial charge in [-0.1, -0.05) is 29.3 Å². The Balaban J connectivity index is 2.08. The van der Waals surface area contributed by atoms with Gasteiger partial charge in [0.1, 0.15) is 24.2 Å². The highest BCUT2D eigenvalue weighted by Gasteiger charge is 2.34. The first-order valence-corrected chi connectivity index (χ1v) is 15.4. The fourth-order valence-corrected chi connectivity index (χ4v) is 5.98. The maximum Gasteiger partial charge on any atom is 0.264 e. The Labute approximate surface area is 256 Å². The number of amides is 2. The summed E-state index contributed by atoms with van der Waals surface area (Å²) in [6.45, 7) is 8.33. The maximum absolute atomic E-state index is 14.0. The number of rotatable bonds is 11. The van der Waals surface area contributed by atoms with E-state index >= 15 is 0 Å². The molecule has 0 aliphatic carbocycles. The topological polar surface area (TPSA) is 96.0 Å². The molecule has 0 aliphatic rings. The van der Waals surface area contributed by atoms with E-state index in [1.165, 1.54) is 17.0 Å². The number of carbonyl (C=O) groups is 2. The van der Waals surface area contributed by atoms with Crippen LogP contribution in [0.1, 0.15) is 40.2 Å². The standard InChI is InChI=1S/C30H34Cl2FN3O5S/c1-6-41-23-14-12-22(13-15-23)36(42(39,40)24-16-10-21(33)11-17-24)19-28(37)35(20(2)29(38)34-30(3,4)5)18-25-26(31)8-7-9-27(25)32/h7-17,20H,6,18-19H2,1-5H3,(H,34,38). The average molecular weight is 639 g/mol. The number of halogens is 3. The van der Waals surface area contributed by atoms with Gasteiger partial charge in [0.15, 0.2) is 0 Å². The molecule has 0 aliphatic heterocycles. The third-order valence-electron chi connectivity index (χ3n) is 6.17. The number of benzene rings is 3. The summed E-state index contributed by atoms with van der Waals surface area (Å²) in [6.07, 6.45) is 0. The highest BCUT2D eigenvalue weighted by molar-refractivity contribution is 7.92. The van der Waals surface area contributed by atoms with Gasteiger partial charge >= 0.3 is 0 Å². The molecule has 3 rings (SSSR count). The number of hydrogen-bond donors (Lipinski definition) is 1. The van der Waals surface area contributed by atoms with Crippen molar-refractivity contribution in [3.05, 3.63) is 88.2 Å². The molecule has 3 aromatic carbocycles. The molecule has 0 fully saturated rings. The zero-order chi connectivity index (χ0) is 31.2. The predicted octanol–water partition coefficient (Wildman–Crippen LogP) is 6.06. The minimum atomic E-state index is -4.36. The van der Waals surface area contributed by atoms with Crippen LogP contribution in [0, 0.1) is 5.82 Å². The molecule has 1 atom stereocenters. The Morgan fingerprint density at radius 1 is 0.976 bits per heavy atom. The lowest BCUT2D eigenvalue weighted by molar-refractivity contribution is -0.140. The molecule has 0 saturated heterocycles. The SMILES string of the molecule is CCOc1ccc(N(CC(=O)N(Cc2c(Cl)cccc2Cl)C(C)C(=O)NC(C)(C)C)S(=O)(=O)c2ccc(F)cc2)cc1. The number of sulfonamides is 1. The van der Waals surface area contributed by atoms with E-state index in [1.54, 1.807) is 58.0 Å².